The number of pyridine rings is 1. The lowest BCUT2D eigenvalue weighted by molar-refractivity contribution is 0.441. The number of nitrogens with one attached hydrogen (secondary N) is 2. The van der Waals surface area contributed by atoms with Gasteiger partial charge in [0.05, 0.1) is 6.04 Å². The summed E-state index contributed by atoms with van der Waals surface area (Å²) in [5, 5.41) is 6.76. The summed E-state index contributed by atoms with van der Waals surface area (Å²) < 4.78 is 5.69. The van der Waals surface area contributed by atoms with Gasteiger partial charge in [0, 0.05) is 32.9 Å². The summed E-state index contributed by atoms with van der Waals surface area (Å²) in [6.07, 6.45) is 7.07. The number of aromatic nitrogens is 1. The highest BCUT2D eigenvalue weighted by atomic mass is 16.3. The van der Waals surface area contributed by atoms with E-state index in [-0.39, 0.29) is 6.04 Å². The minimum atomic E-state index is 0.0509. The summed E-state index contributed by atoms with van der Waals surface area (Å²) in [6.45, 7) is 6.93. The van der Waals surface area contributed by atoms with E-state index >= 15 is 0 Å². The first-order valence-corrected chi connectivity index (χ1v) is 9.89. The van der Waals surface area contributed by atoms with Gasteiger partial charge in [0.1, 0.15) is 17.3 Å². The van der Waals surface area contributed by atoms with E-state index in [0.29, 0.717) is 6.54 Å². The van der Waals surface area contributed by atoms with Gasteiger partial charge < -0.3 is 20.0 Å². The number of guanidine groups is 1. The van der Waals surface area contributed by atoms with Crippen LogP contribution in [0, 0.1) is 6.92 Å². The number of nitrogens with zero attached hydrogens (tertiary/aromatic N) is 3. The fourth-order valence-electron chi connectivity index (χ4n) is 3.39. The third-order valence-corrected chi connectivity index (χ3v) is 4.96. The normalized spacial score (nSPS) is 16.7. The summed E-state index contributed by atoms with van der Waals surface area (Å²) in [4.78, 5) is 11.3. The quantitative estimate of drug-likeness (QED) is 0.620. The number of hydrogen-bond donors (Lipinski definition) is 2. The zero-order valence-electron chi connectivity index (χ0n) is 16.7. The van der Waals surface area contributed by atoms with E-state index in [0.717, 1.165) is 36.4 Å². The second-order valence-electron chi connectivity index (χ2n) is 7.16. The molecule has 1 aliphatic rings. The molecule has 0 radical (unpaired) electrons. The van der Waals surface area contributed by atoms with E-state index in [4.69, 9.17) is 4.42 Å². The van der Waals surface area contributed by atoms with Gasteiger partial charge in [0.15, 0.2) is 5.96 Å². The van der Waals surface area contributed by atoms with Crippen molar-refractivity contribution in [1.29, 1.82) is 0 Å². The average molecular weight is 370 g/mol. The molecule has 1 atom stereocenters. The molecule has 27 heavy (non-hydrogen) atoms. The maximum Gasteiger partial charge on any atom is 0.191 e. The molecule has 2 aromatic rings. The van der Waals surface area contributed by atoms with Crippen molar-refractivity contribution >= 4 is 11.8 Å². The van der Waals surface area contributed by atoms with Crippen molar-refractivity contribution in [3.8, 4) is 0 Å². The Morgan fingerprint density at radius 1 is 1.22 bits per heavy atom. The van der Waals surface area contributed by atoms with Gasteiger partial charge in [-0.2, -0.15) is 0 Å². The fraction of sp³-hybridized carbons (Fsp3) is 0.524. The van der Waals surface area contributed by atoms with Crippen LogP contribution in [0.15, 0.2) is 39.9 Å². The Labute approximate surface area is 162 Å². The van der Waals surface area contributed by atoms with Crippen LogP contribution in [0.2, 0.25) is 0 Å². The van der Waals surface area contributed by atoms with E-state index in [1.165, 1.54) is 31.2 Å². The molecule has 0 aliphatic carbocycles. The molecule has 6 nitrogen and oxygen atoms in total. The SMILES string of the molecule is CN=C(NCc1ccnc(N2CCCCCC2)c1)NC(C)c1ccc(C)o1. The predicted molar refractivity (Wildman–Crippen MR) is 110 cm³/mol. The third kappa shape index (κ3) is 5.49. The second-order valence-corrected chi connectivity index (χ2v) is 7.16. The van der Waals surface area contributed by atoms with Gasteiger partial charge in [-0.05, 0) is 56.5 Å². The van der Waals surface area contributed by atoms with Crippen molar-refractivity contribution in [1.82, 2.24) is 15.6 Å². The molecule has 6 heteroatoms. The van der Waals surface area contributed by atoms with Gasteiger partial charge in [-0.3, -0.25) is 4.99 Å². The molecule has 3 rings (SSSR count). The average Bonchev–Trinajstić information content (AvgIpc) is 2.94. The Balaban J connectivity index is 1.57. The van der Waals surface area contributed by atoms with Gasteiger partial charge in [-0.25, -0.2) is 4.98 Å². The standard InChI is InChI=1S/C21H31N5O/c1-16-8-9-19(27-16)17(2)25-21(22-3)24-15-18-10-11-23-20(14-18)26-12-6-4-5-7-13-26/h8-11,14,17H,4-7,12-13,15H2,1-3H3,(H2,22,24,25). The summed E-state index contributed by atoms with van der Waals surface area (Å²) in [5.41, 5.74) is 1.20. The van der Waals surface area contributed by atoms with E-state index in [2.05, 4.69) is 44.6 Å². The molecule has 1 unspecified atom stereocenters. The third-order valence-electron chi connectivity index (χ3n) is 4.96. The monoisotopic (exact) mass is 369 g/mol. The lowest BCUT2D eigenvalue weighted by Crippen LogP contribution is -2.38. The predicted octanol–water partition coefficient (Wildman–Crippen LogP) is 3.79. The van der Waals surface area contributed by atoms with Crippen molar-refractivity contribution in [2.75, 3.05) is 25.0 Å². The number of anilines is 1. The fourth-order valence-corrected chi connectivity index (χ4v) is 3.39. The molecule has 0 bridgehead atoms. The van der Waals surface area contributed by atoms with Crippen molar-refractivity contribution in [2.45, 2.75) is 52.1 Å². The van der Waals surface area contributed by atoms with Crippen LogP contribution in [0.3, 0.4) is 0 Å². The van der Waals surface area contributed by atoms with Crippen LogP contribution in [0.1, 0.15) is 55.7 Å². The van der Waals surface area contributed by atoms with E-state index in [9.17, 15) is 0 Å². The van der Waals surface area contributed by atoms with Crippen LogP contribution >= 0.6 is 0 Å². The van der Waals surface area contributed by atoms with Gasteiger partial charge in [0.25, 0.3) is 0 Å². The lowest BCUT2D eigenvalue weighted by atomic mass is 10.2. The van der Waals surface area contributed by atoms with Crippen LogP contribution < -0.4 is 15.5 Å². The first kappa shape index (κ1) is 19.3. The molecule has 1 saturated heterocycles. The molecule has 0 amide bonds. The summed E-state index contributed by atoms with van der Waals surface area (Å²) in [6, 6.07) is 8.27. The number of hydrogen-bond acceptors (Lipinski definition) is 4. The van der Waals surface area contributed by atoms with E-state index in [1.807, 2.05) is 25.3 Å². The highest BCUT2D eigenvalue weighted by Gasteiger charge is 2.13. The summed E-state index contributed by atoms with van der Waals surface area (Å²) in [7, 11) is 1.78. The number of furan rings is 1. The smallest absolute Gasteiger partial charge is 0.191 e. The Bertz CT molecular complexity index is 747. The molecule has 0 saturated carbocycles. The maximum absolute atomic E-state index is 5.69. The van der Waals surface area contributed by atoms with Gasteiger partial charge in [0.2, 0.25) is 0 Å². The zero-order valence-corrected chi connectivity index (χ0v) is 16.7. The topological polar surface area (TPSA) is 65.7 Å². The van der Waals surface area contributed by atoms with Crippen molar-refractivity contribution < 1.29 is 4.42 Å². The van der Waals surface area contributed by atoms with Gasteiger partial charge in [-0.15, -0.1) is 0 Å². The first-order valence-electron chi connectivity index (χ1n) is 9.89. The van der Waals surface area contributed by atoms with Crippen LogP contribution in [-0.4, -0.2) is 31.1 Å². The summed E-state index contributed by atoms with van der Waals surface area (Å²) in [5.74, 6) is 3.66. The molecule has 2 N–H and O–H groups in total. The Morgan fingerprint density at radius 2 is 2.00 bits per heavy atom. The van der Waals surface area contributed by atoms with Gasteiger partial charge >= 0.3 is 0 Å². The second kappa shape index (κ2) is 9.44. The molecule has 3 heterocycles. The van der Waals surface area contributed by atoms with Crippen molar-refractivity contribution in [2.24, 2.45) is 4.99 Å². The summed E-state index contributed by atoms with van der Waals surface area (Å²) >= 11 is 0. The molecule has 0 aromatic carbocycles. The van der Waals surface area contributed by atoms with Crippen LogP contribution in [0.25, 0.3) is 0 Å². The van der Waals surface area contributed by atoms with Crippen molar-refractivity contribution in [3.05, 3.63) is 47.5 Å². The number of aryl methyl sites for hydroxylation is 1. The highest BCUT2D eigenvalue weighted by molar-refractivity contribution is 5.80. The Hall–Kier alpha value is -2.50. The molecule has 1 fully saturated rings. The molecule has 146 valence electrons. The van der Waals surface area contributed by atoms with Crippen LogP contribution in [-0.2, 0) is 6.54 Å². The largest absolute Gasteiger partial charge is 0.464 e. The molecular formula is C21H31N5O. The van der Waals surface area contributed by atoms with Crippen LogP contribution in [0.5, 0.6) is 0 Å². The molecule has 1 aliphatic heterocycles. The minimum absolute atomic E-state index is 0.0509. The minimum Gasteiger partial charge on any atom is -0.464 e. The lowest BCUT2D eigenvalue weighted by Gasteiger charge is -2.22. The number of aliphatic imine (C=N–C) groups is 1. The van der Waals surface area contributed by atoms with Crippen molar-refractivity contribution in [3.63, 3.8) is 0 Å². The van der Waals surface area contributed by atoms with Gasteiger partial charge in [-0.1, -0.05) is 12.8 Å². The van der Waals surface area contributed by atoms with E-state index in [1.54, 1.807) is 7.05 Å². The molecule has 0 spiro atoms. The zero-order chi connectivity index (χ0) is 19.1. The Morgan fingerprint density at radius 3 is 2.67 bits per heavy atom. The number of rotatable bonds is 5. The highest BCUT2D eigenvalue weighted by Crippen LogP contribution is 2.18. The molecule has 2 aromatic heterocycles. The Kier molecular flexibility index (Phi) is 6.74. The first-order chi connectivity index (χ1) is 13.2. The molecular weight excluding hydrogens is 338 g/mol. The maximum atomic E-state index is 5.69. The van der Waals surface area contributed by atoms with E-state index < -0.39 is 0 Å². The van der Waals surface area contributed by atoms with Crippen LogP contribution in [0.4, 0.5) is 5.82 Å².